The summed E-state index contributed by atoms with van der Waals surface area (Å²) in [6.07, 6.45) is -0.702. The van der Waals surface area contributed by atoms with Crippen LogP contribution < -0.4 is 0 Å². The number of aryl methyl sites for hydroxylation is 2. The molecule has 0 spiro atoms. The molecule has 0 saturated carbocycles. The number of rotatable bonds is 4. The lowest BCUT2D eigenvalue weighted by Crippen LogP contribution is -2.27. The largest absolute Gasteiger partial charge is 0.386 e. The molecule has 0 amide bonds. The molecule has 0 aliphatic heterocycles. The lowest BCUT2D eigenvalue weighted by atomic mass is 9.92. The van der Waals surface area contributed by atoms with Gasteiger partial charge in [0.15, 0.2) is 0 Å². The Hall–Kier alpha value is -0.860. The number of hydrogen-bond acceptors (Lipinski definition) is 2. The molecule has 0 aliphatic carbocycles. The molecule has 1 aromatic rings. The van der Waals surface area contributed by atoms with Gasteiger partial charge < -0.3 is 9.84 Å². The normalized spacial score (nSPS) is 15.2. The predicted molar refractivity (Wildman–Crippen MR) is 66.5 cm³/mol. The molecule has 2 heteroatoms. The third-order valence-electron chi connectivity index (χ3n) is 2.98. The molecule has 2 unspecified atom stereocenters. The summed E-state index contributed by atoms with van der Waals surface area (Å²) in [6.45, 7) is 8.19. The quantitative estimate of drug-likeness (QED) is 0.848. The van der Waals surface area contributed by atoms with E-state index in [4.69, 9.17) is 4.74 Å². The van der Waals surface area contributed by atoms with Gasteiger partial charge in [0.2, 0.25) is 0 Å². The number of ether oxygens (including phenoxy) is 1. The maximum Gasteiger partial charge on any atom is 0.106 e. The van der Waals surface area contributed by atoms with Crippen molar-refractivity contribution in [2.75, 3.05) is 7.11 Å². The number of hydrogen-bond donors (Lipinski definition) is 1. The fourth-order valence-corrected chi connectivity index (χ4v) is 2.10. The number of aliphatic hydroxyl groups is 1. The van der Waals surface area contributed by atoms with Crippen molar-refractivity contribution in [2.45, 2.75) is 39.9 Å². The maximum absolute atomic E-state index is 10.3. The first-order chi connectivity index (χ1) is 7.47. The van der Waals surface area contributed by atoms with Gasteiger partial charge in [-0.2, -0.15) is 0 Å². The first kappa shape index (κ1) is 13.2. The molecule has 1 N–H and O–H groups in total. The fourth-order valence-electron chi connectivity index (χ4n) is 2.10. The van der Waals surface area contributed by atoms with Crippen molar-refractivity contribution < 1.29 is 9.84 Å². The van der Waals surface area contributed by atoms with Crippen LogP contribution in [0.1, 0.15) is 36.6 Å². The zero-order valence-electron chi connectivity index (χ0n) is 10.8. The van der Waals surface area contributed by atoms with Crippen LogP contribution in [-0.4, -0.2) is 18.3 Å². The number of benzene rings is 1. The molecule has 2 nitrogen and oxygen atoms in total. The Balaban J connectivity index is 2.99. The molecule has 0 radical (unpaired) electrons. The smallest absolute Gasteiger partial charge is 0.106 e. The van der Waals surface area contributed by atoms with Crippen LogP contribution in [0.3, 0.4) is 0 Å². The lowest BCUT2D eigenvalue weighted by molar-refractivity contribution is -0.0393. The average Bonchev–Trinajstić information content (AvgIpc) is 2.17. The highest BCUT2D eigenvalue weighted by Crippen LogP contribution is 2.27. The van der Waals surface area contributed by atoms with Crippen LogP contribution in [0.2, 0.25) is 0 Å². The van der Waals surface area contributed by atoms with E-state index in [0.29, 0.717) is 5.92 Å². The van der Waals surface area contributed by atoms with Gasteiger partial charge in [-0.1, -0.05) is 37.6 Å². The standard InChI is InChI=1S/C14H22O2/c1-9(2)14(16-5)13(15)12-7-6-10(3)8-11(12)4/h6-9,13-15H,1-5H3. The summed E-state index contributed by atoms with van der Waals surface area (Å²) in [5, 5.41) is 10.3. The zero-order chi connectivity index (χ0) is 12.3. The highest BCUT2D eigenvalue weighted by atomic mass is 16.5. The van der Waals surface area contributed by atoms with Crippen molar-refractivity contribution in [3.05, 3.63) is 34.9 Å². The first-order valence-electron chi connectivity index (χ1n) is 5.75. The van der Waals surface area contributed by atoms with E-state index in [1.54, 1.807) is 7.11 Å². The second-order valence-electron chi connectivity index (χ2n) is 4.75. The van der Waals surface area contributed by atoms with E-state index in [1.807, 2.05) is 19.1 Å². The Morgan fingerprint density at radius 1 is 1.19 bits per heavy atom. The molecule has 2 atom stereocenters. The van der Waals surface area contributed by atoms with Crippen LogP contribution in [0.25, 0.3) is 0 Å². The SMILES string of the molecule is COC(C(C)C)C(O)c1ccc(C)cc1C. The minimum absolute atomic E-state index is 0.151. The van der Waals surface area contributed by atoms with Gasteiger partial charge in [-0.15, -0.1) is 0 Å². The van der Waals surface area contributed by atoms with Crippen LogP contribution in [0.15, 0.2) is 18.2 Å². The minimum atomic E-state index is -0.550. The van der Waals surface area contributed by atoms with E-state index in [-0.39, 0.29) is 6.10 Å². The van der Waals surface area contributed by atoms with Crippen molar-refractivity contribution in [1.82, 2.24) is 0 Å². The van der Waals surface area contributed by atoms with Crippen molar-refractivity contribution in [3.8, 4) is 0 Å². The number of methoxy groups -OCH3 is 1. The third kappa shape index (κ3) is 2.83. The molecule has 16 heavy (non-hydrogen) atoms. The Morgan fingerprint density at radius 3 is 2.25 bits per heavy atom. The van der Waals surface area contributed by atoms with E-state index in [9.17, 15) is 5.11 Å². The molecule has 0 heterocycles. The summed E-state index contributed by atoms with van der Waals surface area (Å²) >= 11 is 0. The lowest BCUT2D eigenvalue weighted by Gasteiger charge is -2.26. The van der Waals surface area contributed by atoms with Crippen LogP contribution in [-0.2, 0) is 4.74 Å². The van der Waals surface area contributed by atoms with E-state index in [2.05, 4.69) is 26.8 Å². The number of aliphatic hydroxyl groups excluding tert-OH is 1. The summed E-state index contributed by atoms with van der Waals surface area (Å²) in [6, 6.07) is 6.11. The maximum atomic E-state index is 10.3. The molecule has 0 bridgehead atoms. The van der Waals surface area contributed by atoms with Crippen molar-refractivity contribution in [1.29, 1.82) is 0 Å². The Morgan fingerprint density at radius 2 is 1.81 bits per heavy atom. The molecule has 0 saturated heterocycles. The zero-order valence-corrected chi connectivity index (χ0v) is 10.8. The van der Waals surface area contributed by atoms with Crippen LogP contribution >= 0.6 is 0 Å². The monoisotopic (exact) mass is 222 g/mol. The summed E-state index contributed by atoms with van der Waals surface area (Å²) in [5.41, 5.74) is 3.30. The van der Waals surface area contributed by atoms with E-state index in [1.165, 1.54) is 5.56 Å². The second-order valence-corrected chi connectivity index (χ2v) is 4.75. The van der Waals surface area contributed by atoms with Gasteiger partial charge >= 0.3 is 0 Å². The molecule has 90 valence electrons. The molecule has 1 aromatic carbocycles. The minimum Gasteiger partial charge on any atom is -0.386 e. The topological polar surface area (TPSA) is 29.5 Å². The Bertz CT molecular complexity index is 345. The predicted octanol–water partition coefficient (Wildman–Crippen LogP) is 3.01. The molecule has 0 aliphatic rings. The Kier molecular flexibility index (Phi) is 4.51. The van der Waals surface area contributed by atoms with Gasteiger partial charge in [0, 0.05) is 7.11 Å². The fraction of sp³-hybridized carbons (Fsp3) is 0.571. The second kappa shape index (κ2) is 5.46. The van der Waals surface area contributed by atoms with Crippen molar-refractivity contribution in [2.24, 2.45) is 5.92 Å². The van der Waals surface area contributed by atoms with Gasteiger partial charge in [0.1, 0.15) is 6.10 Å². The van der Waals surface area contributed by atoms with Crippen LogP contribution in [0.4, 0.5) is 0 Å². The summed E-state index contributed by atoms with van der Waals surface area (Å²) in [7, 11) is 1.65. The molecule has 1 rings (SSSR count). The summed E-state index contributed by atoms with van der Waals surface area (Å²) in [4.78, 5) is 0. The molecule has 0 fully saturated rings. The van der Waals surface area contributed by atoms with E-state index in [0.717, 1.165) is 11.1 Å². The van der Waals surface area contributed by atoms with Crippen LogP contribution in [0.5, 0.6) is 0 Å². The van der Waals surface area contributed by atoms with Crippen molar-refractivity contribution in [3.63, 3.8) is 0 Å². The Labute approximate surface area is 98.3 Å². The van der Waals surface area contributed by atoms with Crippen molar-refractivity contribution >= 4 is 0 Å². The average molecular weight is 222 g/mol. The highest BCUT2D eigenvalue weighted by molar-refractivity contribution is 5.32. The van der Waals surface area contributed by atoms with Gasteiger partial charge in [0.05, 0.1) is 6.10 Å². The van der Waals surface area contributed by atoms with Gasteiger partial charge in [0.25, 0.3) is 0 Å². The third-order valence-corrected chi connectivity index (χ3v) is 2.98. The highest BCUT2D eigenvalue weighted by Gasteiger charge is 2.24. The molecular formula is C14H22O2. The van der Waals surface area contributed by atoms with Gasteiger partial charge in [-0.25, -0.2) is 0 Å². The molecular weight excluding hydrogens is 200 g/mol. The molecule has 0 aromatic heterocycles. The van der Waals surface area contributed by atoms with E-state index < -0.39 is 6.10 Å². The van der Waals surface area contributed by atoms with E-state index >= 15 is 0 Å². The van der Waals surface area contributed by atoms with Gasteiger partial charge in [-0.05, 0) is 30.9 Å². The summed E-state index contributed by atoms with van der Waals surface area (Å²) in [5.74, 6) is 0.292. The summed E-state index contributed by atoms with van der Waals surface area (Å²) < 4.78 is 5.36. The van der Waals surface area contributed by atoms with Gasteiger partial charge in [-0.3, -0.25) is 0 Å². The van der Waals surface area contributed by atoms with Crippen LogP contribution in [0, 0.1) is 19.8 Å². The first-order valence-corrected chi connectivity index (χ1v) is 5.75.